The van der Waals surface area contributed by atoms with Gasteiger partial charge in [-0.3, -0.25) is 9.59 Å². The van der Waals surface area contributed by atoms with Crippen LogP contribution in [0.15, 0.2) is 59.5 Å². The molecule has 0 saturated carbocycles. The molecule has 0 unspecified atom stereocenters. The normalized spacial score (nSPS) is 19.6. The zero-order valence-corrected chi connectivity index (χ0v) is 17.9. The van der Waals surface area contributed by atoms with Crippen molar-refractivity contribution in [1.82, 2.24) is 0 Å². The molecule has 5 heteroatoms. The Bertz CT molecular complexity index is 1050. The highest BCUT2D eigenvalue weighted by Crippen LogP contribution is 2.40. The second-order valence-electron chi connectivity index (χ2n) is 7.85. The van der Waals surface area contributed by atoms with Crippen LogP contribution in [0, 0.1) is 0 Å². The van der Waals surface area contributed by atoms with Crippen LogP contribution >= 0.6 is 11.8 Å². The van der Waals surface area contributed by atoms with E-state index < -0.39 is 0 Å². The number of likely N-dealkylation sites (N-methyl/N-ethyl adjacent to an activating group) is 1. The minimum Gasteiger partial charge on any atom is -0.363 e. The van der Waals surface area contributed by atoms with E-state index in [-0.39, 0.29) is 16.7 Å². The van der Waals surface area contributed by atoms with E-state index in [0.717, 1.165) is 23.9 Å². The van der Waals surface area contributed by atoms with Crippen LogP contribution in [0.2, 0.25) is 0 Å². The molecular weight excluding hydrogens is 380 g/mol. The maximum atomic E-state index is 12.9. The topological polar surface area (TPSA) is 40.6 Å². The number of thioether (sulfide) groups is 1. The van der Waals surface area contributed by atoms with E-state index in [0.29, 0.717) is 10.6 Å². The van der Waals surface area contributed by atoms with Gasteiger partial charge in [-0.2, -0.15) is 0 Å². The fraction of sp³-hybridized carbons (Fsp3) is 0.250. The summed E-state index contributed by atoms with van der Waals surface area (Å²) >= 11 is 0.988. The molecule has 0 spiro atoms. The van der Waals surface area contributed by atoms with Crippen molar-refractivity contribution in [3.8, 4) is 0 Å². The quantitative estimate of drug-likeness (QED) is 0.593. The standard InChI is InChI=1S/C24H24N2O2S/c1-5-25-20-12-11-17(13-19(20)16(2)15-24(25,3)4)14-21-22(27)26(23(28)29-21)18-9-7-6-8-10-18/h6-15H,5H2,1-4H3/b21-14-. The number of hydrogen-bond acceptors (Lipinski definition) is 4. The Kier molecular flexibility index (Phi) is 4.87. The minimum absolute atomic E-state index is 0.0360. The summed E-state index contributed by atoms with van der Waals surface area (Å²) in [6.45, 7) is 9.64. The Hall–Kier alpha value is -2.79. The van der Waals surface area contributed by atoms with Gasteiger partial charge in [-0.15, -0.1) is 0 Å². The first-order valence-corrected chi connectivity index (χ1v) is 10.6. The van der Waals surface area contributed by atoms with E-state index in [1.807, 2.05) is 30.3 Å². The highest BCUT2D eigenvalue weighted by molar-refractivity contribution is 8.19. The van der Waals surface area contributed by atoms with Crippen LogP contribution in [0.25, 0.3) is 11.6 Å². The predicted octanol–water partition coefficient (Wildman–Crippen LogP) is 5.95. The van der Waals surface area contributed by atoms with Crippen LogP contribution < -0.4 is 9.80 Å². The summed E-state index contributed by atoms with van der Waals surface area (Å²) in [5.74, 6) is -0.271. The monoisotopic (exact) mass is 404 g/mol. The number of hydrogen-bond donors (Lipinski definition) is 0. The molecule has 1 saturated heterocycles. The lowest BCUT2D eigenvalue weighted by molar-refractivity contribution is -0.113. The van der Waals surface area contributed by atoms with Gasteiger partial charge in [-0.1, -0.05) is 30.3 Å². The number of benzene rings is 2. The molecule has 29 heavy (non-hydrogen) atoms. The highest BCUT2D eigenvalue weighted by atomic mass is 32.2. The summed E-state index contributed by atoms with van der Waals surface area (Å²) in [6.07, 6.45) is 4.10. The largest absolute Gasteiger partial charge is 0.363 e. The molecule has 0 atom stereocenters. The summed E-state index contributed by atoms with van der Waals surface area (Å²) in [5.41, 5.74) is 5.08. The molecule has 148 valence electrons. The van der Waals surface area contributed by atoms with Gasteiger partial charge < -0.3 is 4.90 Å². The maximum Gasteiger partial charge on any atom is 0.298 e. The number of para-hydroxylation sites is 1. The van der Waals surface area contributed by atoms with Gasteiger partial charge in [0.1, 0.15) is 0 Å². The molecular formula is C24H24N2O2S. The van der Waals surface area contributed by atoms with Crippen LogP contribution in [-0.2, 0) is 4.79 Å². The first kappa shape index (κ1) is 19.5. The smallest absolute Gasteiger partial charge is 0.298 e. The van der Waals surface area contributed by atoms with E-state index in [2.05, 4.69) is 50.8 Å². The van der Waals surface area contributed by atoms with Gasteiger partial charge in [0.2, 0.25) is 0 Å². The molecule has 0 aromatic heterocycles. The number of nitrogens with zero attached hydrogens (tertiary/aromatic N) is 2. The molecule has 0 N–H and O–H groups in total. The SMILES string of the molecule is CCN1c2ccc(/C=C3\SC(=O)N(c4ccccc4)C3=O)cc2C(C)=CC1(C)C. The Morgan fingerprint density at radius 3 is 2.48 bits per heavy atom. The van der Waals surface area contributed by atoms with Gasteiger partial charge in [0, 0.05) is 17.8 Å². The molecule has 2 heterocycles. The maximum absolute atomic E-state index is 12.9. The van der Waals surface area contributed by atoms with Gasteiger partial charge in [0.25, 0.3) is 11.1 Å². The van der Waals surface area contributed by atoms with Gasteiger partial charge in [-0.25, -0.2) is 4.90 Å². The molecule has 0 bridgehead atoms. The van der Waals surface area contributed by atoms with Gasteiger partial charge in [-0.05, 0) is 80.9 Å². The third kappa shape index (κ3) is 3.40. The van der Waals surface area contributed by atoms with Crippen molar-refractivity contribution in [3.05, 3.63) is 70.6 Å². The van der Waals surface area contributed by atoms with Crippen LogP contribution in [0.1, 0.15) is 38.8 Å². The zero-order chi connectivity index (χ0) is 20.8. The third-order valence-electron chi connectivity index (χ3n) is 5.42. The molecule has 2 aromatic carbocycles. The van der Waals surface area contributed by atoms with Gasteiger partial charge >= 0.3 is 0 Å². The van der Waals surface area contributed by atoms with Gasteiger partial charge in [0.05, 0.1) is 16.1 Å². The number of anilines is 2. The number of amides is 2. The van der Waals surface area contributed by atoms with Crippen molar-refractivity contribution in [2.75, 3.05) is 16.3 Å². The molecule has 2 amide bonds. The Morgan fingerprint density at radius 1 is 1.07 bits per heavy atom. The van der Waals surface area contributed by atoms with Crippen LogP contribution in [0.5, 0.6) is 0 Å². The number of allylic oxidation sites excluding steroid dienone is 1. The van der Waals surface area contributed by atoms with Crippen molar-refractivity contribution in [2.24, 2.45) is 0 Å². The van der Waals surface area contributed by atoms with Crippen molar-refractivity contribution in [2.45, 2.75) is 33.2 Å². The number of imide groups is 1. The van der Waals surface area contributed by atoms with E-state index >= 15 is 0 Å². The molecule has 0 radical (unpaired) electrons. The average Bonchev–Trinajstić information content (AvgIpc) is 2.95. The van der Waals surface area contributed by atoms with Crippen LogP contribution in [0.3, 0.4) is 0 Å². The lowest BCUT2D eigenvalue weighted by Gasteiger charge is -2.42. The molecule has 2 aromatic rings. The summed E-state index contributed by atoms with van der Waals surface area (Å²) in [7, 11) is 0. The number of carbonyl (C=O) groups excluding carboxylic acids is 2. The molecule has 4 nitrogen and oxygen atoms in total. The van der Waals surface area contributed by atoms with Crippen molar-refractivity contribution in [3.63, 3.8) is 0 Å². The lowest BCUT2D eigenvalue weighted by Crippen LogP contribution is -2.44. The van der Waals surface area contributed by atoms with E-state index in [4.69, 9.17) is 0 Å². The van der Waals surface area contributed by atoms with E-state index in [9.17, 15) is 9.59 Å². The van der Waals surface area contributed by atoms with Crippen molar-refractivity contribution >= 4 is 45.9 Å². The molecule has 2 aliphatic rings. The summed E-state index contributed by atoms with van der Waals surface area (Å²) in [4.78, 5) is 29.4. The second kappa shape index (κ2) is 7.23. The first-order valence-electron chi connectivity index (χ1n) is 9.76. The fourth-order valence-corrected chi connectivity index (χ4v) is 5.03. The minimum atomic E-state index is -0.271. The predicted molar refractivity (Wildman–Crippen MR) is 122 cm³/mol. The second-order valence-corrected chi connectivity index (χ2v) is 8.85. The van der Waals surface area contributed by atoms with Crippen molar-refractivity contribution in [1.29, 1.82) is 0 Å². The lowest BCUT2D eigenvalue weighted by atomic mass is 9.88. The molecule has 2 aliphatic heterocycles. The van der Waals surface area contributed by atoms with Gasteiger partial charge in [0.15, 0.2) is 0 Å². The van der Waals surface area contributed by atoms with Crippen LogP contribution in [-0.4, -0.2) is 23.2 Å². The third-order valence-corrected chi connectivity index (χ3v) is 6.29. The number of carbonyl (C=O) groups is 2. The van der Waals surface area contributed by atoms with Crippen molar-refractivity contribution < 1.29 is 9.59 Å². The Balaban J connectivity index is 1.69. The number of fused-ring (bicyclic) bond motifs is 1. The van der Waals surface area contributed by atoms with Crippen LogP contribution in [0.4, 0.5) is 16.2 Å². The molecule has 1 fully saturated rings. The molecule has 0 aliphatic carbocycles. The summed E-state index contributed by atoms with van der Waals surface area (Å²) < 4.78 is 0. The van der Waals surface area contributed by atoms with E-state index in [1.54, 1.807) is 12.1 Å². The summed E-state index contributed by atoms with van der Waals surface area (Å²) in [6, 6.07) is 15.3. The Labute approximate surface area is 175 Å². The molecule has 4 rings (SSSR count). The first-order chi connectivity index (χ1) is 13.8. The zero-order valence-electron chi connectivity index (χ0n) is 17.1. The van der Waals surface area contributed by atoms with E-state index in [1.165, 1.54) is 21.7 Å². The summed E-state index contributed by atoms with van der Waals surface area (Å²) in [5, 5.41) is -0.264. The fourth-order valence-electron chi connectivity index (χ4n) is 4.19. The number of rotatable bonds is 3. The highest BCUT2D eigenvalue weighted by Gasteiger charge is 2.36. The Morgan fingerprint density at radius 2 is 1.79 bits per heavy atom. The average molecular weight is 405 g/mol.